The average molecular weight is 276 g/mol. The van der Waals surface area contributed by atoms with Crippen LogP contribution in [0.25, 0.3) is 0 Å². The summed E-state index contributed by atoms with van der Waals surface area (Å²) in [5.41, 5.74) is 1.33. The van der Waals surface area contributed by atoms with Crippen molar-refractivity contribution >= 4 is 5.78 Å². The van der Waals surface area contributed by atoms with Crippen LogP contribution in [0.5, 0.6) is 0 Å². The van der Waals surface area contributed by atoms with Gasteiger partial charge < -0.3 is 4.74 Å². The summed E-state index contributed by atoms with van der Waals surface area (Å²) < 4.78 is 5.75. The fraction of sp³-hybridized carbons (Fsp3) is 0.722. The smallest absolute Gasteiger partial charge is 0.165 e. The van der Waals surface area contributed by atoms with Crippen molar-refractivity contribution in [2.24, 2.45) is 17.3 Å². The third kappa shape index (κ3) is 2.99. The molecule has 0 saturated heterocycles. The van der Waals surface area contributed by atoms with Crippen molar-refractivity contribution in [1.29, 1.82) is 0 Å². The lowest BCUT2D eigenvalue weighted by Crippen LogP contribution is -2.37. The summed E-state index contributed by atoms with van der Waals surface area (Å²) in [6.07, 6.45) is 8.22. The lowest BCUT2D eigenvalue weighted by molar-refractivity contribution is -0.127. The normalized spacial score (nSPS) is 32.5. The van der Waals surface area contributed by atoms with E-state index >= 15 is 0 Å². The third-order valence-electron chi connectivity index (χ3n) is 4.62. The second-order valence-corrected chi connectivity index (χ2v) is 7.15. The van der Waals surface area contributed by atoms with Crippen LogP contribution in [0.2, 0.25) is 0 Å². The minimum Gasteiger partial charge on any atom is -0.495 e. The molecular formula is C18H28O2. The van der Waals surface area contributed by atoms with Gasteiger partial charge in [-0.3, -0.25) is 4.79 Å². The first-order valence-corrected chi connectivity index (χ1v) is 7.94. The second kappa shape index (κ2) is 5.75. The zero-order valence-electron chi connectivity index (χ0n) is 13.5. The summed E-state index contributed by atoms with van der Waals surface area (Å²) in [7, 11) is 0. The summed E-state index contributed by atoms with van der Waals surface area (Å²) in [5, 5.41) is 0. The number of ether oxygens (including phenoxy) is 1. The van der Waals surface area contributed by atoms with Crippen LogP contribution in [0.4, 0.5) is 0 Å². The maximum atomic E-state index is 12.7. The van der Waals surface area contributed by atoms with Gasteiger partial charge in [0.15, 0.2) is 5.78 Å². The summed E-state index contributed by atoms with van der Waals surface area (Å²) in [6.45, 7) is 10.7. The van der Waals surface area contributed by atoms with E-state index < -0.39 is 0 Å². The Labute approximate surface area is 123 Å². The van der Waals surface area contributed by atoms with Crippen LogP contribution in [-0.2, 0) is 9.53 Å². The van der Waals surface area contributed by atoms with E-state index in [-0.39, 0.29) is 11.5 Å². The molecule has 2 unspecified atom stereocenters. The Hall–Kier alpha value is -1.05. The minimum absolute atomic E-state index is 0.148. The molecule has 0 aromatic rings. The van der Waals surface area contributed by atoms with Crippen molar-refractivity contribution in [3.05, 3.63) is 23.5 Å². The Morgan fingerprint density at radius 3 is 2.60 bits per heavy atom. The molecule has 0 aromatic carbocycles. The molecule has 0 radical (unpaired) electrons. The standard InChI is InChI=1S/C18H28O2/c1-12(2)8-15-6-7-18(11-15)14(5)9-16(10-17(18)19)20-13(3)4/h8,10,12-14H,6-7,9,11H2,1-5H3. The Morgan fingerprint density at radius 2 is 2.05 bits per heavy atom. The van der Waals surface area contributed by atoms with E-state index in [4.69, 9.17) is 4.74 Å². The van der Waals surface area contributed by atoms with Gasteiger partial charge in [0.05, 0.1) is 6.10 Å². The highest BCUT2D eigenvalue weighted by atomic mass is 16.5. The van der Waals surface area contributed by atoms with Crippen molar-refractivity contribution < 1.29 is 9.53 Å². The first-order chi connectivity index (χ1) is 9.33. The van der Waals surface area contributed by atoms with Gasteiger partial charge in [0, 0.05) is 17.9 Å². The molecule has 1 fully saturated rings. The van der Waals surface area contributed by atoms with E-state index in [9.17, 15) is 4.79 Å². The predicted molar refractivity (Wildman–Crippen MR) is 82.3 cm³/mol. The molecule has 0 aliphatic heterocycles. The molecule has 112 valence electrons. The van der Waals surface area contributed by atoms with Crippen molar-refractivity contribution in [1.82, 2.24) is 0 Å². The zero-order valence-corrected chi connectivity index (χ0v) is 13.5. The SMILES string of the molecule is CC(C)C=C1CCC2(C1)C(=O)C=C(OC(C)C)CC2C. The van der Waals surface area contributed by atoms with Crippen molar-refractivity contribution in [3.63, 3.8) is 0 Å². The van der Waals surface area contributed by atoms with Crippen LogP contribution in [-0.4, -0.2) is 11.9 Å². The van der Waals surface area contributed by atoms with Gasteiger partial charge in [-0.2, -0.15) is 0 Å². The van der Waals surface area contributed by atoms with Gasteiger partial charge in [0.2, 0.25) is 0 Å². The molecule has 2 atom stereocenters. The van der Waals surface area contributed by atoms with Crippen LogP contribution in [0.1, 0.15) is 60.3 Å². The minimum atomic E-state index is -0.148. The topological polar surface area (TPSA) is 26.3 Å². The molecule has 2 rings (SSSR count). The zero-order chi connectivity index (χ0) is 14.9. The highest BCUT2D eigenvalue weighted by Gasteiger charge is 2.48. The Morgan fingerprint density at radius 1 is 1.35 bits per heavy atom. The van der Waals surface area contributed by atoms with Crippen LogP contribution in [0, 0.1) is 17.3 Å². The first-order valence-electron chi connectivity index (χ1n) is 7.94. The van der Waals surface area contributed by atoms with E-state index in [2.05, 4.69) is 26.8 Å². The van der Waals surface area contributed by atoms with Gasteiger partial charge in [-0.05, 0) is 44.9 Å². The number of carbonyl (C=O) groups is 1. The Bertz CT molecular complexity index is 442. The highest BCUT2D eigenvalue weighted by molar-refractivity contribution is 5.97. The molecule has 2 nitrogen and oxygen atoms in total. The molecule has 0 bridgehead atoms. The van der Waals surface area contributed by atoms with Gasteiger partial charge in [0.25, 0.3) is 0 Å². The maximum Gasteiger partial charge on any atom is 0.165 e. The summed E-state index contributed by atoms with van der Waals surface area (Å²) in [5.74, 6) is 2.12. The summed E-state index contributed by atoms with van der Waals surface area (Å²) in [6, 6.07) is 0. The molecule has 1 spiro atoms. The fourth-order valence-corrected chi connectivity index (χ4v) is 3.68. The van der Waals surface area contributed by atoms with Crippen molar-refractivity contribution in [3.8, 4) is 0 Å². The van der Waals surface area contributed by atoms with Gasteiger partial charge >= 0.3 is 0 Å². The van der Waals surface area contributed by atoms with E-state index in [0.717, 1.165) is 31.4 Å². The monoisotopic (exact) mass is 276 g/mol. The molecular weight excluding hydrogens is 248 g/mol. The molecule has 1 saturated carbocycles. The summed E-state index contributed by atoms with van der Waals surface area (Å²) in [4.78, 5) is 12.7. The molecule has 0 aromatic heterocycles. The third-order valence-corrected chi connectivity index (χ3v) is 4.62. The molecule has 0 amide bonds. The lowest BCUT2D eigenvalue weighted by atomic mass is 9.67. The van der Waals surface area contributed by atoms with Gasteiger partial charge in [-0.25, -0.2) is 0 Å². The largest absolute Gasteiger partial charge is 0.495 e. The molecule has 20 heavy (non-hydrogen) atoms. The van der Waals surface area contributed by atoms with Crippen LogP contribution >= 0.6 is 0 Å². The van der Waals surface area contributed by atoms with E-state index in [1.807, 2.05) is 13.8 Å². The number of carbonyl (C=O) groups excluding carboxylic acids is 1. The van der Waals surface area contributed by atoms with Crippen molar-refractivity contribution in [2.75, 3.05) is 0 Å². The van der Waals surface area contributed by atoms with E-state index in [0.29, 0.717) is 17.6 Å². The fourth-order valence-electron chi connectivity index (χ4n) is 3.68. The van der Waals surface area contributed by atoms with Gasteiger partial charge in [-0.1, -0.05) is 32.4 Å². The number of allylic oxidation sites excluding steroid dienone is 4. The maximum absolute atomic E-state index is 12.7. The predicted octanol–water partition coefficient (Wildman–Crippen LogP) is 4.66. The quantitative estimate of drug-likeness (QED) is 0.701. The number of ketones is 1. The van der Waals surface area contributed by atoms with Crippen LogP contribution < -0.4 is 0 Å². The second-order valence-electron chi connectivity index (χ2n) is 7.15. The van der Waals surface area contributed by atoms with E-state index in [1.54, 1.807) is 6.08 Å². The average Bonchev–Trinajstić information content (AvgIpc) is 2.70. The first kappa shape index (κ1) is 15.3. The number of hydrogen-bond acceptors (Lipinski definition) is 2. The van der Waals surface area contributed by atoms with E-state index in [1.165, 1.54) is 5.57 Å². The highest BCUT2D eigenvalue weighted by Crippen LogP contribution is 2.52. The molecule has 2 aliphatic carbocycles. The molecule has 2 heteroatoms. The van der Waals surface area contributed by atoms with Crippen molar-refractivity contribution in [2.45, 2.75) is 66.4 Å². The molecule has 0 heterocycles. The van der Waals surface area contributed by atoms with Crippen LogP contribution in [0.3, 0.4) is 0 Å². The lowest BCUT2D eigenvalue weighted by Gasteiger charge is -2.37. The molecule has 2 aliphatic rings. The van der Waals surface area contributed by atoms with Crippen LogP contribution in [0.15, 0.2) is 23.5 Å². The molecule has 0 N–H and O–H groups in total. The Kier molecular flexibility index (Phi) is 4.41. The number of hydrogen-bond donors (Lipinski definition) is 0. The van der Waals surface area contributed by atoms with Gasteiger partial charge in [-0.15, -0.1) is 0 Å². The number of rotatable bonds is 3. The van der Waals surface area contributed by atoms with Gasteiger partial charge in [0.1, 0.15) is 5.76 Å². The summed E-state index contributed by atoms with van der Waals surface area (Å²) >= 11 is 0. The Balaban J connectivity index is 2.18.